The Bertz CT molecular complexity index is 480. The molecule has 1 unspecified atom stereocenters. The molecule has 1 aliphatic carbocycles. The van der Waals surface area contributed by atoms with Gasteiger partial charge >= 0.3 is 12.0 Å². The van der Waals surface area contributed by atoms with E-state index in [4.69, 9.17) is 0 Å². The topological polar surface area (TPSA) is 107 Å². The van der Waals surface area contributed by atoms with E-state index in [0.717, 1.165) is 24.8 Å². The standard InChI is InChI=1S/C14H22N4O3/c1-10(11-7-16-17-8-11)18-13(21)15-9-14(12(19)20)5-3-2-4-6-14/h7-8,10H,2-6,9H2,1H3,(H,16,17)(H,19,20)(H2,15,18,21). The summed E-state index contributed by atoms with van der Waals surface area (Å²) in [5.74, 6) is -0.814. The van der Waals surface area contributed by atoms with Gasteiger partial charge in [-0.05, 0) is 19.8 Å². The van der Waals surface area contributed by atoms with Crippen molar-refractivity contribution in [3.8, 4) is 0 Å². The Kier molecular flexibility index (Phi) is 4.82. The van der Waals surface area contributed by atoms with Crippen LogP contribution in [0.1, 0.15) is 50.6 Å². The highest BCUT2D eigenvalue weighted by Crippen LogP contribution is 2.35. The molecule has 4 N–H and O–H groups in total. The normalized spacial score (nSPS) is 18.7. The minimum absolute atomic E-state index is 0.173. The van der Waals surface area contributed by atoms with Gasteiger partial charge in [0.1, 0.15) is 0 Å². The third-order valence-corrected chi connectivity index (χ3v) is 4.22. The van der Waals surface area contributed by atoms with Crippen LogP contribution >= 0.6 is 0 Å². The lowest BCUT2D eigenvalue weighted by molar-refractivity contribution is -0.150. The summed E-state index contributed by atoms with van der Waals surface area (Å²) >= 11 is 0. The smallest absolute Gasteiger partial charge is 0.315 e. The van der Waals surface area contributed by atoms with Crippen LogP contribution in [0.5, 0.6) is 0 Å². The molecule has 2 amide bonds. The predicted octanol–water partition coefficient (Wildman–Crippen LogP) is 1.80. The minimum Gasteiger partial charge on any atom is -0.481 e. The zero-order valence-electron chi connectivity index (χ0n) is 12.2. The van der Waals surface area contributed by atoms with Crippen LogP contribution in [0.3, 0.4) is 0 Å². The third-order valence-electron chi connectivity index (χ3n) is 4.22. The van der Waals surface area contributed by atoms with Gasteiger partial charge in [0, 0.05) is 18.3 Å². The first-order valence-corrected chi connectivity index (χ1v) is 7.30. The number of rotatable bonds is 5. The number of carboxylic acid groups (broad SMARTS) is 1. The van der Waals surface area contributed by atoms with Crippen LogP contribution in [0.25, 0.3) is 0 Å². The highest BCUT2D eigenvalue weighted by atomic mass is 16.4. The molecule has 0 bridgehead atoms. The van der Waals surface area contributed by atoms with E-state index in [9.17, 15) is 14.7 Å². The van der Waals surface area contributed by atoms with Gasteiger partial charge < -0.3 is 15.7 Å². The summed E-state index contributed by atoms with van der Waals surface area (Å²) in [6.45, 7) is 2.02. The first-order chi connectivity index (χ1) is 10.0. The van der Waals surface area contributed by atoms with Crippen molar-refractivity contribution in [1.29, 1.82) is 0 Å². The van der Waals surface area contributed by atoms with Crippen molar-refractivity contribution in [2.45, 2.75) is 45.1 Å². The van der Waals surface area contributed by atoms with Crippen LogP contribution in [-0.4, -0.2) is 33.8 Å². The summed E-state index contributed by atoms with van der Waals surface area (Å²) in [5.41, 5.74) is 0.0600. The molecule has 1 saturated carbocycles. The number of hydrogen-bond donors (Lipinski definition) is 4. The molecule has 21 heavy (non-hydrogen) atoms. The number of hydrogen-bond acceptors (Lipinski definition) is 3. The number of aliphatic carboxylic acids is 1. The summed E-state index contributed by atoms with van der Waals surface area (Å²) < 4.78 is 0. The molecule has 1 fully saturated rings. The molecule has 1 aromatic rings. The number of carbonyl (C=O) groups is 2. The van der Waals surface area contributed by atoms with E-state index in [1.54, 1.807) is 12.4 Å². The molecule has 0 aromatic carbocycles. The van der Waals surface area contributed by atoms with Crippen LogP contribution < -0.4 is 10.6 Å². The van der Waals surface area contributed by atoms with Crippen molar-refractivity contribution in [2.75, 3.05) is 6.54 Å². The van der Waals surface area contributed by atoms with Crippen LogP contribution in [0.15, 0.2) is 12.4 Å². The molecule has 0 saturated heterocycles. The van der Waals surface area contributed by atoms with Crippen molar-refractivity contribution >= 4 is 12.0 Å². The van der Waals surface area contributed by atoms with E-state index in [0.29, 0.717) is 12.8 Å². The number of carbonyl (C=O) groups excluding carboxylic acids is 1. The Morgan fingerprint density at radius 2 is 2.14 bits per heavy atom. The van der Waals surface area contributed by atoms with Gasteiger partial charge in [-0.1, -0.05) is 19.3 Å². The summed E-state index contributed by atoms with van der Waals surface area (Å²) in [6, 6.07) is -0.536. The van der Waals surface area contributed by atoms with Crippen molar-refractivity contribution < 1.29 is 14.7 Å². The predicted molar refractivity (Wildman–Crippen MR) is 76.7 cm³/mol. The van der Waals surface area contributed by atoms with E-state index in [1.807, 2.05) is 6.92 Å². The van der Waals surface area contributed by atoms with Crippen LogP contribution in [0, 0.1) is 5.41 Å². The molecule has 1 heterocycles. The summed E-state index contributed by atoms with van der Waals surface area (Å²) in [5, 5.41) is 21.4. The quantitative estimate of drug-likeness (QED) is 0.664. The molecular formula is C14H22N4O3. The van der Waals surface area contributed by atoms with Gasteiger partial charge in [-0.2, -0.15) is 5.10 Å². The fraction of sp³-hybridized carbons (Fsp3) is 0.643. The molecular weight excluding hydrogens is 272 g/mol. The fourth-order valence-corrected chi connectivity index (χ4v) is 2.77. The molecule has 0 radical (unpaired) electrons. The number of nitrogens with zero attached hydrogens (tertiary/aromatic N) is 1. The van der Waals surface area contributed by atoms with Gasteiger partial charge in [0.15, 0.2) is 0 Å². The first-order valence-electron chi connectivity index (χ1n) is 7.30. The second-order valence-corrected chi connectivity index (χ2v) is 5.73. The second kappa shape index (κ2) is 6.60. The van der Waals surface area contributed by atoms with Crippen molar-refractivity contribution in [1.82, 2.24) is 20.8 Å². The Hall–Kier alpha value is -2.05. The highest BCUT2D eigenvalue weighted by molar-refractivity contribution is 5.78. The van der Waals surface area contributed by atoms with Crippen LogP contribution in [-0.2, 0) is 4.79 Å². The van der Waals surface area contributed by atoms with Crippen molar-refractivity contribution in [3.05, 3.63) is 18.0 Å². The highest BCUT2D eigenvalue weighted by Gasteiger charge is 2.39. The number of urea groups is 1. The molecule has 116 valence electrons. The molecule has 0 spiro atoms. The maximum atomic E-state index is 11.9. The lowest BCUT2D eigenvalue weighted by Crippen LogP contribution is -2.47. The fourth-order valence-electron chi connectivity index (χ4n) is 2.77. The molecule has 2 rings (SSSR count). The van der Waals surface area contributed by atoms with Crippen molar-refractivity contribution in [2.24, 2.45) is 5.41 Å². The van der Waals surface area contributed by atoms with Crippen molar-refractivity contribution in [3.63, 3.8) is 0 Å². The SMILES string of the molecule is CC(NC(=O)NCC1(C(=O)O)CCCCC1)c1cn[nH]c1. The third kappa shape index (κ3) is 3.74. The van der Waals surface area contributed by atoms with Gasteiger partial charge in [0.25, 0.3) is 0 Å². The molecule has 1 aromatic heterocycles. The van der Waals surface area contributed by atoms with Crippen LogP contribution in [0.4, 0.5) is 4.79 Å². The minimum atomic E-state index is -0.814. The first kappa shape index (κ1) is 15.3. The lowest BCUT2D eigenvalue weighted by atomic mass is 9.74. The zero-order chi connectivity index (χ0) is 15.3. The van der Waals surface area contributed by atoms with Gasteiger partial charge in [-0.3, -0.25) is 9.89 Å². The maximum Gasteiger partial charge on any atom is 0.315 e. The van der Waals surface area contributed by atoms with Gasteiger partial charge in [-0.25, -0.2) is 4.79 Å². The molecule has 0 aliphatic heterocycles. The van der Waals surface area contributed by atoms with E-state index < -0.39 is 11.4 Å². The Morgan fingerprint density at radius 1 is 1.43 bits per heavy atom. The Labute approximate surface area is 123 Å². The Morgan fingerprint density at radius 3 is 2.71 bits per heavy atom. The summed E-state index contributed by atoms with van der Waals surface area (Å²) in [4.78, 5) is 23.4. The number of nitrogens with one attached hydrogen (secondary N) is 3. The monoisotopic (exact) mass is 294 g/mol. The van der Waals surface area contributed by atoms with Gasteiger partial charge in [0.2, 0.25) is 0 Å². The molecule has 7 heteroatoms. The van der Waals surface area contributed by atoms with Gasteiger partial charge in [0.05, 0.1) is 17.7 Å². The van der Waals surface area contributed by atoms with E-state index in [1.165, 1.54) is 0 Å². The largest absolute Gasteiger partial charge is 0.481 e. The number of H-pyrrole nitrogens is 1. The molecule has 1 atom stereocenters. The average Bonchev–Trinajstić information content (AvgIpc) is 3.00. The lowest BCUT2D eigenvalue weighted by Gasteiger charge is -2.33. The maximum absolute atomic E-state index is 11.9. The summed E-state index contributed by atoms with van der Waals surface area (Å²) in [7, 11) is 0. The zero-order valence-corrected chi connectivity index (χ0v) is 12.2. The average molecular weight is 294 g/mol. The number of aromatic amines is 1. The summed E-state index contributed by atoms with van der Waals surface area (Å²) in [6.07, 6.45) is 7.48. The molecule has 7 nitrogen and oxygen atoms in total. The van der Waals surface area contributed by atoms with Gasteiger partial charge in [-0.15, -0.1) is 0 Å². The number of aromatic nitrogens is 2. The number of amides is 2. The van der Waals surface area contributed by atoms with E-state index >= 15 is 0 Å². The van der Waals surface area contributed by atoms with Crippen LogP contribution in [0.2, 0.25) is 0 Å². The molecule has 1 aliphatic rings. The second-order valence-electron chi connectivity index (χ2n) is 5.73. The van der Waals surface area contributed by atoms with E-state index in [2.05, 4.69) is 20.8 Å². The van der Waals surface area contributed by atoms with E-state index in [-0.39, 0.29) is 18.6 Å². The number of carboxylic acids is 1. The Balaban J connectivity index is 1.86.